The van der Waals surface area contributed by atoms with Gasteiger partial charge in [-0.15, -0.1) is 0 Å². The van der Waals surface area contributed by atoms with Gasteiger partial charge >= 0.3 is 11.9 Å². The van der Waals surface area contributed by atoms with Crippen LogP contribution in [-0.4, -0.2) is 248 Å². The quantitative estimate of drug-likeness (QED) is 0.0728. The number of esters is 2. The standard InChI is InChI=1S/C62H84N12O19/c1-24(2)42-58(86)73-28(8)19-36(77)49(73)60(88)70(14)22-39(79)72(16)48(26(5)6)62(90)91-32(12)44(55(83)65-42)67-53(81)33-18-17-27(7)51-45(33)64-47-40(41(63)50(80)29(9)52(47)93-51)54(82)68-46-37(23-75)92-61(89)31(11)71(15)38(78)21-69(13)57(85)34-20-35(76)30(10)74(34)59(87)43(25(3)4)66-56(46)84/h17-18,24-26,28,30-32,34,36-37,42-44,46,48-49,75,77H,19-23,63H2,1-16H3,(H,65,83)(H,66,84)(H,67,81)(H,68,82). The number of ketones is 1. The number of Topliss-reactive ketones (excluding diaryl/α,β-unsaturated/α-hetero) is 1. The van der Waals surface area contributed by atoms with E-state index in [1.807, 2.05) is 0 Å². The highest BCUT2D eigenvalue weighted by Crippen LogP contribution is 2.36. The molecular formula is C62H84N12O19. The van der Waals surface area contributed by atoms with Gasteiger partial charge in [-0.25, -0.2) is 14.6 Å². The largest absolute Gasteiger partial charge is 0.458 e. The molecule has 1 aliphatic carbocycles. The molecule has 13 unspecified atom stereocenters. The summed E-state index contributed by atoms with van der Waals surface area (Å²) in [6, 6.07) is -12.0. The molecule has 6 aliphatic rings. The summed E-state index contributed by atoms with van der Waals surface area (Å²) in [6.07, 6.45) is -5.48. The van der Waals surface area contributed by atoms with Crippen molar-refractivity contribution >= 4 is 93.6 Å². The summed E-state index contributed by atoms with van der Waals surface area (Å²) in [6.45, 7) is 15.5. The van der Waals surface area contributed by atoms with Gasteiger partial charge < -0.3 is 80.5 Å². The van der Waals surface area contributed by atoms with Crippen molar-refractivity contribution in [2.45, 2.75) is 175 Å². The van der Waals surface area contributed by atoms with Crippen LogP contribution < -0.4 is 32.4 Å². The number of aliphatic hydroxyl groups excluding tert-OH is 2. The normalized spacial score (nSPS) is 28.1. The lowest BCUT2D eigenvalue weighted by Gasteiger charge is -2.37. The molecule has 0 radical (unpaired) electrons. The number of nitrogens with one attached hydrogen (secondary N) is 4. The minimum atomic E-state index is -2.20. The maximum Gasteiger partial charge on any atom is 0.329 e. The molecular weight excluding hydrogens is 1220 g/mol. The number of nitrogens with two attached hydrogens (primary N) is 1. The molecule has 8 N–H and O–H groups in total. The van der Waals surface area contributed by atoms with Crippen LogP contribution in [0.1, 0.15) is 114 Å². The highest BCUT2D eigenvalue weighted by atomic mass is 16.6. The van der Waals surface area contributed by atoms with Crippen molar-refractivity contribution < 1.29 is 86.4 Å². The first kappa shape index (κ1) is 71.3. The molecule has 5 heterocycles. The van der Waals surface area contributed by atoms with Gasteiger partial charge in [0, 0.05) is 46.2 Å². The molecule has 0 spiro atoms. The zero-order valence-electron chi connectivity index (χ0n) is 55.0. The number of aryl methyl sites for hydroxylation is 1. The zero-order valence-corrected chi connectivity index (χ0v) is 55.0. The third-order valence-corrected chi connectivity index (χ3v) is 17.9. The van der Waals surface area contributed by atoms with Crippen molar-refractivity contribution in [3.05, 3.63) is 44.6 Å². The van der Waals surface area contributed by atoms with Crippen LogP contribution in [0.3, 0.4) is 0 Å². The van der Waals surface area contributed by atoms with Crippen molar-refractivity contribution in [3.63, 3.8) is 0 Å². The number of likely N-dealkylation sites (N-methyl/N-ethyl adjacent to an activating group) is 4. The summed E-state index contributed by atoms with van der Waals surface area (Å²) in [7, 11) is 5.11. The molecule has 506 valence electrons. The number of aromatic nitrogens is 1. The number of carbonyl (C=O) groups excluding carboxylic acids is 13. The predicted molar refractivity (Wildman–Crippen MR) is 329 cm³/mol. The number of anilines is 1. The van der Waals surface area contributed by atoms with Gasteiger partial charge in [0.15, 0.2) is 23.2 Å². The number of ether oxygens (including phenoxy) is 2. The highest BCUT2D eigenvalue weighted by Gasteiger charge is 2.52. The van der Waals surface area contributed by atoms with Crippen molar-refractivity contribution in [3.8, 4) is 11.5 Å². The maximum absolute atomic E-state index is 15.2. The van der Waals surface area contributed by atoms with Crippen LogP contribution in [0.5, 0.6) is 0 Å². The number of nitrogen functional groups attached to an aromatic ring is 1. The van der Waals surface area contributed by atoms with E-state index in [-0.39, 0.29) is 34.4 Å². The van der Waals surface area contributed by atoms with Gasteiger partial charge in [0.05, 0.1) is 48.7 Å². The molecule has 4 saturated heterocycles. The van der Waals surface area contributed by atoms with Gasteiger partial charge in [0.25, 0.3) is 11.8 Å². The maximum atomic E-state index is 15.2. The Balaban J connectivity index is 1.34. The number of fused-ring (bicyclic) bond motifs is 4. The average Bonchev–Trinajstić information content (AvgIpc) is 1.54. The summed E-state index contributed by atoms with van der Waals surface area (Å²) in [5, 5.41) is 32.4. The van der Waals surface area contributed by atoms with Crippen molar-refractivity contribution in [2.24, 2.45) is 17.8 Å². The van der Waals surface area contributed by atoms with Gasteiger partial charge in [-0.3, -0.25) is 57.5 Å². The summed E-state index contributed by atoms with van der Waals surface area (Å²) in [5.41, 5.74) is 2.69. The van der Waals surface area contributed by atoms with Crippen LogP contribution >= 0.6 is 0 Å². The van der Waals surface area contributed by atoms with Crippen molar-refractivity contribution in [2.75, 3.05) is 53.6 Å². The first-order valence-electron chi connectivity index (χ1n) is 30.6. The second-order valence-electron chi connectivity index (χ2n) is 25.6. The Labute approximate surface area is 536 Å². The van der Waals surface area contributed by atoms with Crippen LogP contribution in [-0.2, 0) is 62.2 Å². The van der Waals surface area contributed by atoms with Gasteiger partial charge in [0.2, 0.25) is 52.7 Å². The summed E-state index contributed by atoms with van der Waals surface area (Å²) in [4.78, 5) is 212. The van der Waals surface area contributed by atoms with E-state index in [0.29, 0.717) is 5.56 Å². The van der Waals surface area contributed by atoms with E-state index in [1.165, 1.54) is 81.9 Å². The van der Waals surface area contributed by atoms with Crippen LogP contribution in [0.15, 0.2) is 21.3 Å². The number of carbonyl (C=O) groups is 13. The number of aliphatic hydroxyl groups is 2. The highest BCUT2D eigenvalue weighted by molar-refractivity contribution is 6.11. The predicted octanol–water partition coefficient (Wildman–Crippen LogP) is -2.01. The lowest BCUT2D eigenvalue weighted by molar-refractivity contribution is -0.163. The van der Waals surface area contributed by atoms with E-state index in [4.69, 9.17) is 24.6 Å². The number of amides is 10. The molecule has 0 saturated carbocycles. The molecule has 13 atom stereocenters. The number of rotatable bonds is 8. The first-order chi connectivity index (χ1) is 43.4. The topological polar surface area (TPSA) is 418 Å². The fourth-order valence-corrected chi connectivity index (χ4v) is 12.2. The Morgan fingerprint density at radius 1 is 0.699 bits per heavy atom. The minimum Gasteiger partial charge on any atom is -0.458 e. The van der Waals surface area contributed by atoms with E-state index in [1.54, 1.807) is 41.5 Å². The number of nitrogens with zero attached hydrogens (tertiary/aromatic N) is 7. The molecule has 1 aromatic rings. The molecule has 0 bridgehead atoms. The summed E-state index contributed by atoms with van der Waals surface area (Å²) >= 11 is 0. The molecule has 31 heteroatoms. The first-order valence-corrected chi connectivity index (χ1v) is 30.6. The van der Waals surface area contributed by atoms with Crippen molar-refractivity contribution in [1.82, 2.24) is 55.7 Å². The van der Waals surface area contributed by atoms with E-state index < -0.39 is 222 Å². The lowest BCUT2D eigenvalue weighted by Crippen LogP contribution is -2.62. The third-order valence-electron chi connectivity index (χ3n) is 17.9. The van der Waals surface area contributed by atoms with E-state index in [0.717, 1.165) is 29.4 Å². The molecule has 4 fully saturated rings. The Morgan fingerprint density at radius 3 is 1.82 bits per heavy atom. The molecule has 7 rings (SSSR count). The summed E-state index contributed by atoms with van der Waals surface area (Å²) < 4.78 is 17.9. The Morgan fingerprint density at radius 2 is 1.25 bits per heavy atom. The molecule has 1 aromatic carbocycles. The molecule has 31 nitrogen and oxygen atoms in total. The van der Waals surface area contributed by atoms with E-state index in [9.17, 15) is 67.7 Å². The fourth-order valence-electron chi connectivity index (χ4n) is 12.2. The minimum absolute atomic E-state index is 0.0373. The average molecular weight is 1300 g/mol. The molecule has 10 amide bonds. The number of benzene rings is 2. The summed E-state index contributed by atoms with van der Waals surface area (Å²) in [5.74, 6) is -14.9. The number of cyclic esters (lactones) is 2. The smallest absolute Gasteiger partial charge is 0.329 e. The Bertz CT molecular complexity index is 3590. The van der Waals surface area contributed by atoms with Gasteiger partial charge in [0.1, 0.15) is 65.6 Å². The zero-order chi connectivity index (χ0) is 69.6. The fraction of sp³-hybridized carbons (Fsp3) is 0.597. The second-order valence-corrected chi connectivity index (χ2v) is 25.6. The number of hydrogen-bond acceptors (Lipinski definition) is 21. The van der Waals surface area contributed by atoms with Gasteiger partial charge in [-0.1, -0.05) is 47.6 Å². The molecule has 0 aromatic heterocycles. The molecule has 5 aliphatic heterocycles. The second kappa shape index (κ2) is 28.0. The van der Waals surface area contributed by atoms with Crippen LogP contribution in [0.2, 0.25) is 0 Å². The SMILES string of the molecule is Cc1c2oc3c(C)ccc(C(=O)NC4C(=O)NC(C(C)C)C(=O)N5C(C)CC(O)C5C(=O)N(C)CC(=O)N(C)C(C(C)C)C(=O)OC4C)c3nc-2c(C(=O)NC2C(=O)NC(C(C)C)C(=O)N3C(C)C(=O)CC3C(=O)N(C)CC(=O)N(C)C(C)C(=O)OC2CO)c(N)c1=O. The van der Waals surface area contributed by atoms with Crippen LogP contribution in [0.4, 0.5) is 5.69 Å². The number of hydrogen-bond donors (Lipinski definition) is 7. The van der Waals surface area contributed by atoms with Gasteiger partial charge in [-0.2, -0.15) is 0 Å². The van der Waals surface area contributed by atoms with E-state index >= 15 is 9.59 Å². The van der Waals surface area contributed by atoms with Crippen molar-refractivity contribution in [1.29, 1.82) is 0 Å². The van der Waals surface area contributed by atoms with Crippen LogP contribution in [0, 0.1) is 31.6 Å². The van der Waals surface area contributed by atoms with Crippen LogP contribution in [0.25, 0.3) is 22.6 Å². The monoisotopic (exact) mass is 1300 g/mol. The third kappa shape index (κ3) is 13.8. The Hall–Kier alpha value is -9.13. The lowest BCUT2D eigenvalue weighted by atomic mass is 9.98. The van der Waals surface area contributed by atoms with Gasteiger partial charge in [-0.05, 0) is 77.3 Å². The Kier molecular flexibility index (Phi) is 21.5. The van der Waals surface area contributed by atoms with E-state index in [2.05, 4.69) is 21.3 Å². The molecule has 93 heavy (non-hydrogen) atoms.